The summed E-state index contributed by atoms with van der Waals surface area (Å²) in [6.07, 6.45) is 1.89. The zero-order valence-corrected chi connectivity index (χ0v) is 14.5. The van der Waals surface area contributed by atoms with Gasteiger partial charge in [0.25, 0.3) is 0 Å². The maximum atomic E-state index is 11.9. The van der Waals surface area contributed by atoms with Crippen molar-refractivity contribution >= 4 is 37.1 Å². The van der Waals surface area contributed by atoms with Crippen molar-refractivity contribution in [1.82, 2.24) is 0 Å². The summed E-state index contributed by atoms with van der Waals surface area (Å²) in [5.74, 6) is -1.51. The van der Waals surface area contributed by atoms with Gasteiger partial charge in [-0.3, -0.25) is 19.2 Å². The summed E-state index contributed by atoms with van der Waals surface area (Å²) < 4.78 is 9.89. The lowest BCUT2D eigenvalue weighted by atomic mass is 10.1. The first-order valence-corrected chi connectivity index (χ1v) is 7.97. The van der Waals surface area contributed by atoms with E-state index in [1.54, 1.807) is 0 Å². The molecule has 0 N–H and O–H groups in total. The summed E-state index contributed by atoms with van der Waals surface area (Å²) in [5, 5.41) is 0. The predicted molar refractivity (Wildman–Crippen MR) is 95.0 cm³/mol. The molecule has 0 atom stereocenters. The van der Waals surface area contributed by atoms with Gasteiger partial charge in [0.1, 0.15) is 13.2 Å². The smallest absolute Gasteiger partial charge is 0.338 e. The van der Waals surface area contributed by atoms with Crippen LogP contribution in [0.1, 0.15) is 62.1 Å². The topological polar surface area (TPSA) is 121 Å². The fourth-order valence-corrected chi connectivity index (χ4v) is 2.26. The number of ether oxygens (including phenoxy) is 2. The highest BCUT2D eigenvalue weighted by Gasteiger charge is 2.13. The predicted octanol–water partition coefficient (Wildman–Crippen LogP) is 1.95. The SMILES string of the molecule is O=Cc1ccc(C(=O)OCCOC(=O)c2ccc(C=O)c(C=O)c2)cc1C=O. The molecule has 0 heterocycles. The van der Waals surface area contributed by atoms with Crippen LogP contribution < -0.4 is 0 Å². The third-order valence-electron chi connectivity index (χ3n) is 3.70. The monoisotopic (exact) mass is 382 g/mol. The Bertz CT molecular complexity index is 868. The summed E-state index contributed by atoms with van der Waals surface area (Å²) in [6.45, 7) is -0.493. The molecule has 0 fully saturated rings. The number of aldehydes is 4. The number of esters is 2. The van der Waals surface area contributed by atoms with Gasteiger partial charge >= 0.3 is 11.9 Å². The Morgan fingerprint density at radius 1 is 0.607 bits per heavy atom. The van der Waals surface area contributed by atoms with Crippen LogP contribution in [0.2, 0.25) is 0 Å². The maximum Gasteiger partial charge on any atom is 0.338 e. The lowest BCUT2D eigenvalue weighted by Crippen LogP contribution is -2.15. The maximum absolute atomic E-state index is 11.9. The average Bonchev–Trinajstić information content (AvgIpc) is 2.75. The van der Waals surface area contributed by atoms with Crippen LogP contribution in [0.4, 0.5) is 0 Å². The van der Waals surface area contributed by atoms with Crippen molar-refractivity contribution in [2.45, 2.75) is 0 Å². The molecular weight excluding hydrogens is 368 g/mol. The molecule has 0 saturated heterocycles. The van der Waals surface area contributed by atoms with Gasteiger partial charge in [-0.1, -0.05) is 12.1 Å². The Kier molecular flexibility index (Phi) is 7.04. The van der Waals surface area contributed by atoms with E-state index in [4.69, 9.17) is 9.47 Å². The first-order valence-electron chi connectivity index (χ1n) is 7.97. The Morgan fingerprint density at radius 3 is 1.29 bits per heavy atom. The molecule has 0 aliphatic carbocycles. The Balaban J connectivity index is 1.90. The highest BCUT2D eigenvalue weighted by atomic mass is 16.6. The van der Waals surface area contributed by atoms with E-state index in [0.29, 0.717) is 25.1 Å². The second-order valence-corrected chi connectivity index (χ2v) is 5.43. The van der Waals surface area contributed by atoms with Crippen LogP contribution in [0, 0.1) is 0 Å². The van der Waals surface area contributed by atoms with Crippen LogP contribution in [-0.2, 0) is 9.47 Å². The minimum Gasteiger partial charge on any atom is -0.458 e. The molecule has 2 rings (SSSR count). The van der Waals surface area contributed by atoms with Crippen LogP contribution in [0.3, 0.4) is 0 Å². The molecular formula is C20H14O8. The summed E-state index contributed by atoms with van der Waals surface area (Å²) in [6, 6.07) is 7.75. The molecule has 2 aromatic rings. The molecule has 0 radical (unpaired) electrons. The molecule has 142 valence electrons. The average molecular weight is 382 g/mol. The Morgan fingerprint density at radius 2 is 0.964 bits per heavy atom. The number of carbonyl (C=O) groups is 6. The minimum atomic E-state index is -0.754. The highest BCUT2D eigenvalue weighted by Crippen LogP contribution is 2.11. The molecule has 8 nitrogen and oxygen atoms in total. The third-order valence-corrected chi connectivity index (χ3v) is 3.70. The lowest BCUT2D eigenvalue weighted by Gasteiger charge is -2.08. The van der Waals surface area contributed by atoms with E-state index in [9.17, 15) is 28.8 Å². The standard InChI is InChI=1S/C20H14O8/c21-9-15-3-1-13(7-17(15)11-23)19(25)27-5-6-28-20(26)14-2-4-16(10-22)18(8-14)12-24/h1-4,7-12H,5-6H2. The molecule has 0 aliphatic heterocycles. The first kappa shape index (κ1) is 20.4. The zero-order chi connectivity index (χ0) is 20.5. The van der Waals surface area contributed by atoms with Crippen molar-refractivity contribution in [3.8, 4) is 0 Å². The molecule has 0 aliphatic rings. The lowest BCUT2D eigenvalue weighted by molar-refractivity contribution is 0.0265. The van der Waals surface area contributed by atoms with Crippen LogP contribution in [0.5, 0.6) is 0 Å². The van der Waals surface area contributed by atoms with Crippen molar-refractivity contribution in [1.29, 1.82) is 0 Å². The van der Waals surface area contributed by atoms with E-state index < -0.39 is 11.9 Å². The Hall–Kier alpha value is -3.94. The molecule has 28 heavy (non-hydrogen) atoms. The van der Waals surface area contributed by atoms with Gasteiger partial charge in [-0.15, -0.1) is 0 Å². The summed E-state index contributed by atoms with van der Waals surface area (Å²) >= 11 is 0. The molecule has 0 unspecified atom stereocenters. The Labute approximate surface area is 159 Å². The summed E-state index contributed by atoms with van der Waals surface area (Å²) in [7, 11) is 0. The van der Waals surface area contributed by atoms with E-state index in [0.717, 1.165) is 0 Å². The number of hydrogen-bond acceptors (Lipinski definition) is 8. The van der Waals surface area contributed by atoms with Gasteiger partial charge in [0.05, 0.1) is 11.1 Å². The fraction of sp³-hybridized carbons (Fsp3) is 0.100. The molecule has 0 aromatic heterocycles. The van der Waals surface area contributed by atoms with E-state index >= 15 is 0 Å². The van der Waals surface area contributed by atoms with Crippen LogP contribution in [-0.4, -0.2) is 50.3 Å². The fourth-order valence-electron chi connectivity index (χ4n) is 2.26. The van der Waals surface area contributed by atoms with Crippen molar-refractivity contribution < 1.29 is 38.2 Å². The highest BCUT2D eigenvalue weighted by molar-refractivity contribution is 5.97. The first-order chi connectivity index (χ1) is 13.5. The second-order valence-electron chi connectivity index (χ2n) is 5.43. The van der Waals surface area contributed by atoms with E-state index in [1.165, 1.54) is 36.4 Å². The van der Waals surface area contributed by atoms with Crippen LogP contribution >= 0.6 is 0 Å². The molecule has 2 aromatic carbocycles. The van der Waals surface area contributed by atoms with Gasteiger partial charge in [0.15, 0.2) is 25.1 Å². The van der Waals surface area contributed by atoms with Crippen LogP contribution in [0.15, 0.2) is 36.4 Å². The summed E-state index contributed by atoms with van der Waals surface area (Å²) in [4.78, 5) is 67.2. The van der Waals surface area contributed by atoms with Gasteiger partial charge in [0.2, 0.25) is 0 Å². The number of benzene rings is 2. The molecule has 0 saturated carbocycles. The third kappa shape index (κ3) is 4.82. The van der Waals surface area contributed by atoms with Gasteiger partial charge in [-0.2, -0.15) is 0 Å². The molecule has 0 spiro atoms. The van der Waals surface area contributed by atoms with E-state index in [2.05, 4.69) is 0 Å². The van der Waals surface area contributed by atoms with E-state index in [-0.39, 0.29) is 46.6 Å². The largest absolute Gasteiger partial charge is 0.458 e. The van der Waals surface area contributed by atoms with Gasteiger partial charge in [-0.05, 0) is 24.3 Å². The zero-order valence-electron chi connectivity index (χ0n) is 14.5. The van der Waals surface area contributed by atoms with Crippen LogP contribution in [0.25, 0.3) is 0 Å². The van der Waals surface area contributed by atoms with Crippen molar-refractivity contribution in [3.05, 3.63) is 69.8 Å². The summed E-state index contributed by atoms with van der Waals surface area (Å²) in [5.41, 5.74) is 0.547. The quantitative estimate of drug-likeness (QED) is 0.366. The number of rotatable bonds is 9. The van der Waals surface area contributed by atoms with Crippen molar-refractivity contribution in [2.75, 3.05) is 13.2 Å². The molecule has 0 amide bonds. The van der Waals surface area contributed by atoms with Gasteiger partial charge in [-0.25, -0.2) is 9.59 Å². The van der Waals surface area contributed by atoms with E-state index in [1.807, 2.05) is 0 Å². The second kappa shape index (κ2) is 9.67. The van der Waals surface area contributed by atoms with Crippen molar-refractivity contribution in [3.63, 3.8) is 0 Å². The van der Waals surface area contributed by atoms with Gasteiger partial charge in [0, 0.05) is 22.3 Å². The normalized spacial score (nSPS) is 9.86. The number of carbonyl (C=O) groups excluding carboxylic acids is 6. The number of hydrogen-bond donors (Lipinski definition) is 0. The molecule has 8 heteroatoms. The van der Waals surface area contributed by atoms with Crippen molar-refractivity contribution in [2.24, 2.45) is 0 Å². The minimum absolute atomic E-state index is 0.0561. The molecule has 0 bridgehead atoms. The van der Waals surface area contributed by atoms with Gasteiger partial charge < -0.3 is 9.47 Å².